The van der Waals surface area contributed by atoms with Crippen LogP contribution < -0.4 is 15.9 Å². The van der Waals surface area contributed by atoms with Crippen LogP contribution in [-0.4, -0.2) is 6.16 Å². The molecule has 126 valence electrons. The molecule has 0 amide bonds. The van der Waals surface area contributed by atoms with E-state index < -0.39 is 7.26 Å². The Labute approximate surface area is 152 Å². The zero-order valence-electron chi connectivity index (χ0n) is 15.1. The highest BCUT2D eigenvalue weighted by Gasteiger charge is 2.45. The third kappa shape index (κ3) is 3.60. The van der Waals surface area contributed by atoms with Gasteiger partial charge < -0.3 is 0 Å². The summed E-state index contributed by atoms with van der Waals surface area (Å²) < 4.78 is 0. The van der Waals surface area contributed by atoms with E-state index in [9.17, 15) is 0 Å². The van der Waals surface area contributed by atoms with Gasteiger partial charge in [-0.2, -0.15) is 0 Å². The zero-order chi connectivity index (χ0) is 17.7. The Bertz CT molecular complexity index is 708. The number of allylic oxidation sites excluding steroid dienone is 1. The maximum Gasteiger partial charge on any atom is 0.116 e. The van der Waals surface area contributed by atoms with E-state index in [1.54, 1.807) is 0 Å². The molecule has 0 aliphatic rings. The van der Waals surface area contributed by atoms with Gasteiger partial charge in [0.25, 0.3) is 0 Å². The van der Waals surface area contributed by atoms with E-state index in [0.717, 1.165) is 6.16 Å². The van der Waals surface area contributed by atoms with Gasteiger partial charge in [0.15, 0.2) is 0 Å². The molecule has 0 radical (unpaired) electrons. The molecule has 0 fully saturated rings. The molecule has 3 aromatic rings. The van der Waals surface area contributed by atoms with Gasteiger partial charge in [0.1, 0.15) is 23.2 Å². The summed E-state index contributed by atoms with van der Waals surface area (Å²) in [5.74, 6) is 0.482. The Hall–Kier alpha value is -2.17. The second kappa shape index (κ2) is 7.81. The van der Waals surface area contributed by atoms with Crippen LogP contribution in [0.2, 0.25) is 0 Å². The molecule has 0 aromatic heterocycles. The Morgan fingerprint density at radius 3 is 1.28 bits per heavy atom. The maximum absolute atomic E-state index is 4.44. The molecule has 0 heterocycles. The number of hydrogen-bond donors (Lipinski definition) is 0. The van der Waals surface area contributed by atoms with Gasteiger partial charge in [-0.05, 0) is 47.9 Å². The molecule has 0 atom stereocenters. The highest BCUT2D eigenvalue weighted by Crippen LogP contribution is 2.56. The van der Waals surface area contributed by atoms with Gasteiger partial charge in [0.2, 0.25) is 0 Å². The average Bonchev–Trinajstić information content (AvgIpc) is 2.68. The van der Waals surface area contributed by atoms with Crippen LogP contribution in [-0.2, 0) is 0 Å². The lowest BCUT2D eigenvalue weighted by molar-refractivity contribution is 0.775. The first-order chi connectivity index (χ1) is 12.1. The first-order valence-corrected chi connectivity index (χ1v) is 10.8. The van der Waals surface area contributed by atoms with Gasteiger partial charge in [-0.1, -0.05) is 75.0 Å². The van der Waals surface area contributed by atoms with Crippen molar-refractivity contribution in [3.8, 4) is 0 Å². The van der Waals surface area contributed by atoms with Crippen LogP contribution in [0.15, 0.2) is 103 Å². The van der Waals surface area contributed by atoms with Crippen LogP contribution in [0, 0.1) is 5.92 Å². The number of benzene rings is 3. The molecule has 3 rings (SSSR count). The molecular weight excluding hydrogens is 319 g/mol. The van der Waals surface area contributed by atoms with Crippen molar-refractivity contribution in [3.05, 3.63) is 103 Å². The molecule has 3 aromatic carbocycles. The van der Waals surface area contributed by atoms with Crippen LogP contribution >= 0.6 is 7.26 Å². The van der Waals surface area contributed by atoms with E-state index in [4.69, 9.17) is 0 Å². The Morgan fingerprint density at radius 2 is 1.00 bits per heavy atom. The summed E-state index contributed by atoms with van der Waals surface area (Å²) in [6.07, 6.45) is 1.02. The third-order valence-corrected chi connectivity index (χ3v) is 9.27. The first kappa shape index (κ1) is 17.6. The predicted molar refractivity (Wildman–Crippen MR) is 114 cm³/mol. The van der Waals surface area contributed by atoms with E-state index in [1.165, 1.54) is 21.5 Å². The lowest BCUT2D eigenvalue weighted by Gasteiger charge is -2.29. The second-order valence-corrected chi connectivity index (χ2v) is 10.3. The van der Waals surface area contributed by atoms with E-state index >= 15 is 0 Å². The minimum Gasteiger partial charge on any atom is -0.0960 e. The quantitative estimate of drug-likeness (QED) is 0.426. The fourth-order valence-corrected chi connectivity index (χ4v) is 7.72. The largest absolute Gasteiger partial charge is 0.116 e. The molecular formula is C24H26P+. The standard InChI is InChI=1S/C24H26P/c1-20(2)21(3)19-25(22-13-7-4-8-14-22,23-15-9-5-10-16-23)24-17-11-6-12-18-24/h4-18,20H,3,19H2,1-2H3/q+1. The zero-order valence-corrected chi connectivity index (χ0v) is 16.0. The number of hydrogen-bond acceptors (Lipinski definition) is 0. The van der Waals surface area contributed by atoms with Gasteiger partial charge in [0.05, 0.1) is 6.16 Å². The highest BCUT2D eigenvalue weighted by molar-refractivity contribution is 7.95. The summed E-state index contributed by atoms with van der Waals surface area (Å²) in [4.78, 5) is 0. The first-order valence-electron chi connectivity index (χ1n) is 8.87. The highest BCUT2D eigenvalue weighted by atomic mass is 31.2. The molecule has 1 heteroatoms. The van der Waals surface area contributed by atoms with Crippen molar-refractivity contribution in [1.29, 1.82) is 0 Å². The minimum atomic E-state index is -1.76. The lowest BCUT2D eigenvalue weighted by atomic mass is 10.1. The van der Waals surface area contributed by atoms with Crippen LogP contribution in [0.4, 0.5) is 0 Å². The molecule has 0 unspecified atom stereocenters. The molecule has 0 saturated heterocycles. The van der Waals surface area contributed by atoms with E-state index in [2.05, 4.69) is 111 Å². The third-order valence-electron chi connectivity index (χ3n) is 4.85. The normalized spacial score (nSPS) is 11.5. The van der Waals surface area contributed by atoms with Crippen LogP contribution in [0.25, 0.3) is 0 Å². The fourth-order valence-electron chi connectivity index (χ4n) is 3.26. The molecule has 0 aliphatic heterocycles. The van der Waals surface area contributed by atoms with Gasteiger partial charge in [-0.3, -0.25) is 0 Å². The molecule has 0 spiro atoms. The Morgan fingerprint density at radius 1 is 0.680 bits per heavy atom. The topological polar surface area (TPSA) is 0 Å². The fraction of sp³-hybridized carbons (Fsp3) is 0.167. The van der Waals surface area contributed by atoms with E-state index in [-0.39, 0.29) is 0 Å². The molecule has 0 nitrogen and oxygen atoms in total. The van der Waals surface area contributed by atoms with Crippen LogP contribution in [0.1, 0.15) is 13.8 Å². The summed E-state index contributed by atoms with van der Waals surface area (Å²) in [6.45, 7) is 8.94. The summed E-state index contributed by atoms with van der Waals surface area (Å²) in [7, 11) is -1.76. The minimum absolute atomic E-state index is 0.482. The molecule has 25 heavy (non-hydrogen) atoms. The summed E-state index contributed by atoms with van der Waals surface area (Å²) in [5.41, 5.74) is 1.32. The average molecular weight is 345 g/mol. The Kier molecular flexibility index (Phi) is 5.51. The van der Waals surface area contributed by atoms with Crippen molar-refractivity contribution in [2.45, 2.75) is 13.8 Å². The van der Waals surface area contributed by atoms with Crippen molar-refractivity contribution >= 4 is 23.2 Å². The molecule has 0 bridgehead atoms. The SMILES string of the molecule is C=C(C[P+](c1ccccc1)(c1ccccc1)c1ccccc1)C(C)C. The molecule has 0 saturated carbocycles. The summed E-state index contributed by atoms with van der Waals surface area (Å²) in [6, 6.07) is 33.0. The second-order valence-electron chi connectivity index (χ2n) is 6.79. The molecule has 0 aliphatic carbocycles. The summed E-state index contributed by atoms with van der Waals surface area (Å²) in [5, 5.41) is 4.28. The monoisotopic (exact) mass is 345 g/mol. The van der Waals surface area contributed by atoms with Crippen LogP contribution in [0.5, 0.6) is 0 Å². The Balaban J connectivity index is 2.29. The maximum atomic E-state index is 4.44. The van der Waals surface area contributed by atoms with E-state index in [1.807, 2.05) is 0 Å². The van der Waals surface area contributed by atoms with Crippen molar-refractivity contribution in [3.63, 3.8) is 0 Å². The summed E-state index contributed by atoms with van der Waals surface area (Å²) >= 11 is 0. The number of rotatable bonds is 6. The lowest BCUT2D eigenvalue weighted by Crippen LogP contribution is -2.34. The predicted octanol–water partition coefficient (Wildman–Crippen LogP) is 5.19. The van der Waals surface area contributed by atoms with Crippen LogP contribution in [0.3, 0.4) is 0 Å². The smallest absolute Gasteiger partial charge is 0.0960 e. The van der Waals surface area contributed by atoms with Crippen molar-refractivity contribution in [2.75, 3.05) is 6.16 Å². The van der Waals surface area contributed by atoms with Crippen molar-refractivity contribution < 1.29 is 0 Å². The van der Waals surface area contributed by atoms with Gasteiger partial charge >= 0.3 is 0 Å². The van der Waals surface area contributed by atoms with Gasteiger partial charge in [-0.15, -0.1) is 0 Å². The molecule has 0 N–H and O–H groups in total. The van der Waals surface area contributed by atoms with Gasteiger partial charge in [-0.25, -0.2) is 0 Å². The van der Waals surface area contributed by atoms with Crippen molar-refractivity contribution in [2.24, 2.45) is 5.92 Å². The van der Waals surface area contributed by atoms with Crippen molar-refractivity contribution in [1.82, 2.24) is 0 Å². The van der Waals surface area contributed by atoms with Gasteiger partial charge in [0, 0.05) is 0 Å². The van der Waals surface area contributed by atoms with E-state index in [0.29, 0.717) is 5.92 Å².